The predicted molar refractivity (Wildman–Crippen MR) is 85.0 cm³/mol. The van der Waals surface area contributed by atoms with Gasteiger partial charge in [-0.15, -0.1) is 0 Å². The summed E-state index contributed by atoms with van der Waals surface area (Å²) in [6, 6.07) is 8.13. The van der Waals surface area contributed by atoms with Crippen molar-refractivity contribution >= 4 is 5.97 Å². The summed E-state index contributed by atoms with van der Waals surface area (Å²) in [5, 5.41) is 9.49. The lowest BCUT2D eigenvalue weighted by molar-refractivity contribution is -0.139. The summed E-state index contributed by atoms with van der Waals surface area (Å²) < 4.78 is 5.11. The molecule has 1 atom stereocenters. The summed E-state index contributed by atoms with van der Waals surface area (Å²) in [7, 11) is 1.60. The van der Waals surface area contributed by atoms with Gasteiger partial charge in [0.1, 0.15) is 5.75 Å². The number of hydrogen-bond donors (Lipinski definition) is 1. The molecule has 0 fully saturated rings. The maximum absolute atomic E-state index is 11.6. The normalized spacial score (nSPS) is 13.0. The quantitative estimate of drug-likeness (QED) is 0.798. The molecular weight excluding hydrogens is 266 g/mol. The Morgan fingerprint density at radius 1 is 1.14 bits per heavy atom. The first-order valence-corrected chi connectivity index (χ1v) is 7.49. The molecule has 0 bridgehead atoms. The van der Waals surface area contributed by atoms with Crippen LogP contribution in [0.2, 0.25) is 0 Å². The number of ether oxygens (including phenoxy) is 1. The zero-order valence-electron chi connectivity index (χ0n) is 13.7. The van der Waals surface area contributed by atoms with E-state index in [0.29, 0.717) is 18.5 Å². The number of rotatable bonds is 8. The minimum absolute atomic E-state index is 0.412. The van der Waals surface area contributed by atoms with E-state index in [-0.39, 0.29) is 0 Å². The van der Waals surface area contributed by atoms with Gasteiger partial charge in [-0.25, -0.2) is 0 Å². The molecule has 1 N–H and O–H groups in total. The van der Waals surface area contributed by atoms with Crippen molar-refractivity contribution in [2.24, 2.45) is 0 Å². The third-order valence-corrected chi connectivity index (χ3v) is 3.82. The fourth-order valence-electron chi connectivity index (χ4n) is 2.66. The molecule has 118 valence electrons. The van der Waals surface area contributed by atoms with Crippen LogP contribution in [0.3, 0.4) is 0 Å². The van der Waals surface area contributed by atoms with E-state index in [1.807, 2.05) is 24.3 Å². The molecule has 0 unspecified atom stereocenters. The van der Waals surface area contributed by atoms with E-state index < -0.39 is 11.9 Å². The highest BCUT2D eigenvalue weighted by atomic mass is 16.5. The second-order valence-electron chi connectivity index (χ2n) is 5.88. The van der Waals surface area contributed by atoms with Gasteiger partial charge in [0, 0.05) is 12.1 Å². The number of carboxylic acid groups (broad SMARTS) is 1. The molecule has 0 saturated heterocycles. The Labute approximate surface area is 127 Å². The van der Waals surface area contributed by atoms with Crippen LogP contribution in [0.5, 0.6) is 5.75 Å². The number of nitrogens with zero attached hydrogens (tertiary/aromatic N) is 1. The largest absolute Gasteiger partial charge is 0.497 e. The Hall–Kier alpha value is -1.55. The van der Waals surface area contributed by atoms with Gasteiger partial charge in [-0.3, -0.25) is 9.69 Å². The first-order chi connectivity index (χ1) is 9.86. The van der Waals surface area contributed by atoms with Gasteiger partial charge in [-0.2, -0.15) is 0 Å². The van der Waals surface area contributed by atoms with Crippen molar-refractivity contribution in [1.29, 1.82) is 0 Å². The van der Waals surface area contributed by atoms with Crippen LogP contribution in [0, 0.1) is 0 Å². The van der Waals surface area contributed by atoms with Crippen LogP contribution < -0.4 is 4.74 Å². The number of methoxy groups -OCH3 is 1. The van der Waals surface area contributed by atoms with Crippen LogP contribution in [0.4, 0.5) is 0 Å². The van der Waals surface area contributed by atoms with E-state index in [1.54, 1.807) is 7.11 Å². The van der Waals surface area contributed by atoms with Crippen LogP contribution >= 0.6 is 0 Å². The van der Waals surface area contributed by atoms with Crippen molar-refractivity contribution in [1.82, 2.24) is 4.90 Å². The van der Waals surface area contributed by atoms with Gasteiger partial charge in [-0.1, -0.05) is 12.1 Å². The fourth-order valence-corrected chi connectivity index (χ4v) is 2.66. The molecule has 4 heteroatoms. The molecule has 21 heavy (non-hydrogen) atoms. The summed E-state index contributed by atoms with van der Waals surface area (Å²) in [6.45, 7) is 9.34. The third kappa shape index (κ3) is 5.05. The lowest BCUT2D eigenvalue weighted by Gasteiger charge is -2.31. The van der Waals surface area contributed by atoms with Crippen molar-refractivity contribution in [2.75, 3.05) is 13.7 Å². The summed E-state index contributed by atoms with van der Waals surface area (Å²) in [5.74, 6) is -0.502. The molecule has 0 amide bonds. The van der Waals surface area contributed by atoms with E-state index in [4.69, 9.17) is 4.74 Å². The Morgan fingerprint density at radius 3 is 2.05 bits per heavy atom. The maximum Gasteiger partial charge on any atom is 0.311 e. The minimum atomic E-state index is -0.771. The van der Waals surface area contributed by atoms with Crippen molar-refractivity contribution < 1.29 is 14.6 Å². The van der Waals surface area contributed by atoms with Crippen molar-refractivity contribution in [3.63, 3.8) is 0 Å². The van der Waals surface area contributed by atoms with Gasteiger partial charge in [0.05, 0.1) is 13.0 Å². The smallest absolute Gasteiger partial charge is 0.311 e. The Balaban J connectivity index is 2.80. The molecule has 0 spiro atoms. The summed E-state index contributed by atoms with van der Waals surface area (Å²) in [6.07, 6.45) is 0.609. The second-order valence-corrected chi connectivity index (χ2v) is 5.88. The molecule has 0 heterocycles. The highest BCUT2D eigenvalue weighted by Crippen LogP contribution is 2.24. The average Bonchev–Trinajstić information content (AvgIpc) is 2.42. The van der Waals surface area contributed by atoms with Crippen LogP contribution in [0.1, 0.15) is 45.6 Å². The van der Waals surface area contributed by atoms with Gasteiger partial charge in [0.2, 0.25) is 0 Å². The monoisotopic (exact) mass is 293 g/mol. The first kappa shape index (κ1) is 17.5. The van der Waals surface area contributed by atoms with Gasteiger partial charge in [0.15, 0.2) is 0 Å². The first-order valence-electron chi connectivity index (χ1n) is 7.49. The number of carbonyl (C=O) groups is 1. The van der Waals surface area contributed by atoms with E-state index in [1.165, 1.54) is 0 Å². The highest BCUT2D eigenvalue weighted by molar-refractivity contribution is 5.76. The molecule has 0 aliphatic carbocycles. The Kier molecular flexibility index (Phi) is 6.69. The predicted octanol–water partition coefficient (Wildman–Crippen LogP) is 3.37. The molecule has 1 rings (SSSR count). The SMILES string of the molecule is COc1ccc([C@@H](CCN(C(C)C)C(C)C)C(=O)O)cc1. The van der Waals surface area contributed by atoms with Crippen LogP contribution in [-0.2, 0) is 4.79 Å². The molecule has 4 nitrogen and oxygen atoms in total. The standard InChI is InChI=1S/C17H27NO3/c1-12(2)18(13(3)4)11-10-16(17(19)20)14-6-8-15(21-5)9-7-14/h6-9,12-13,16H,10-11H2,1-5H3,(H,19,20)/t16-/m1/s1. The van der Waals surface area contributed by atoms with E-state index >= 15 is 0 Å². The second kappa shape index (κ2) is 8.03. The number of hydrogen-bond acceptors (Lipinski definition) is 3. The molecule has 0 saturated carbocycles. The Morgan fingerprint density at radius 2 is 1.67 bits per heavy atom. The molecule has 0 aliphatic heterocycles. The van der Waals surface area contributed by atoms with Gasteiger partial charge in [-0.05, 0) is 58.4 Å². The van der Waals surface area contributed by atoms with Crippen LogP contribution in [0.25, 0.3) is 0 Å². The lowest BCUT2D eigenvalue weighted by Crippen LogP contribution is -2.38. The molecule has 1 aromatic rings. The number of aliphatic carboxylic acids is 1. The Bertz CT molecular complexity index is 432. The molecule has 0 radical (unpaired) electrons. The van der Waals surface area contributed by atoms with E-state index in [2.05, 4.69) is 32.6 Å². The summed E-state index contributed by atoms with van der Waals surface area (Å²) in [4.78, 5) is 13.9. The van der Waals surface area contributed by atoms with Crippen LogP contribution in [-0.4, -0.2) is 41.7 Å². The fraction of sp³-hybridized carbons (Fsp3) is 0.588. The molecule has 1 aromatic carbocycles. The maximum atomic E-state index is 11.6. The zero-order valence-corrected chi connectivity index (χ0v) is 13.7. The summed E-state index contributed by atoms with van der Waals surface area (Å²) >= 11 is 0. The average molecular weight is 293 g/mol. The van der Waals surface area contributed by atoms with Crippen molar-refractivity contribution in [3.05, 3.63) is 29.8 Å². The molecular formula is C17H27NO3. The number of carboxylic acids is 1. The third-order valence-electron chi connectivity index (χ3n) is 3.82. The van der Waals surface area contributed by atoms with Crippen molar-refractivity contribution in [3.8, 4) is 5.75 Å². The van der Waals surface area contributed by atoms with E-state index in [0.717, 1.165) is 17.9 Å². The minimum Gasteiger partial charge on any atom is -0.497 e. The molecule has 0 aliphatic rings. The van der Waals surface area contributed by atoms with Gasteiger partial charge in [0.25, 0.3) is 0 Å². The topological polar surface area (TPSA) is 49.8 Å². The van der Waals surface area contributed by atoms with E-state index in [9.17, 15) is 9.90 Å². The molecule has 0 aromatic heterocycles. The van der Waals surface area contributed by atoms with Crippen molar-refractivity contribution in [2.45, 2.75) is 52.1 Å². The van der Waals surface area contributed by atoms with Crippen LogP contribution in [0.15, 0.2) is 24.3 Å². The highest BCUT2D eigenvalue weighted by Gasteiger charge is 2.22. The number of benzene rings is 1. The lowest BCUT2D eigenvalue weighted by atomic mass is 9.95. The summed E-state index contributed by atoms with van der Waals surface area (Å²) in [5.41, 5.74) is 0.829. The van der Waals surface area contributed by atoms with Gasteiger partial charge < -0.3 is 9.84 Å². The van der Waals surface area contributed by atoms with Gasteiger partial charge >= 0.3 is 5.97 Å². The zero-order chi connectivity index (χ0) is 16.0.